The van der Waals surface area contributed by atoms with Gasteiger partial charge in [-0.2, -0.15) is 5.10 Å². The van der Waals surface area contributed by atoms with Gasteiger partial charge in [0.25, 0.3) is 5.91 Å². The summed E-state index contributed by atoms with van der Waals surface area (Å²) < 4.78 is 11.2. The fraction of sp³-hybridized carbons (Fsp3) is 0.700. The summed E-state index contributed by atoms with van der Waals surface area (Å²) in [5, 5.41) is 6.26. The van der Waals surface area contributed by atoms with Gasteiger partial charge < -0.3 is 14.4 Å². The molecule has 0 saturated carbocycles. The molecule has 2 saturated heterocycles. The third-order valence-corrected chi connectivity index (χ3v) is 3.24. The maximum absolute atomic E-state index is 12.0. The molecule has 0 atom stereocenters. The zero-order valence-electron chi connectivity index (χ0n) is 9.39. The monoisotopic (exact) mass is 238 g/mol. The van der Waals surface area contributed by atoms with Gasteiger partial charge >= 0.3 is 0 Å². The second kappa shape index (κ2) is 4.08. The summed E-state index contributed by atoms with van der Waals surface area (Å²) in [6.45, 7) is 2.55. The Morgan fingerprint density at radius 3 is 2.65 bits per heavy atom. The average molecular weight is 238 g/mol. The minimum Gasteiger partial charge on any atom is -0.347 e. The highest BCUT2D eigenvalue weighted by Gasteiger charge is 2.41. The van der Waals surface area contributed by atoms with E-state index in [1.165, 1.54) is 6.33 Å². The molecule has 0 radical (unpaired) electrons. The first-order valence-corrected chi connectivity index (χ1v) is 5.72. The molecule has 2 aliphatic heterocycles. The summed E-state index contributed by atoms with van der Waals surface area (Å²) in [6.07, 6.45) is 2.77. The van der Waals surface area contributed by atoms with E-state index in [0.717, 1.165) is 0 Å². The van der Waals surface area contributed by atoms with E-state index in [-0.39, 0.29) is 11.7 Å². The van der Waals surface area contributed by atoms with Crippen LogP contribution in [0.25, 0.3) is 0 Å². The van der Waals surface area contributed by atoms with E-state index in [1.54, 1.807) is 4.90 Å². The van der Waals surface area contributed by atoms with Gasteiger partial charge in [0.05, 0.1) is 13.2 Å². The van der Waals surface area contributed by atoms with Crippen LogP contribution in [0.15, 0.2) is 6.33 Å². The molecule has 3 heterocycles. The highest BCUT2D eigenvalue weighted by Crippen LogP contribution is 2.31. The summed E-state index contributed by atoms with van der Waals surface area (Å²) in [5.41, 5.74) is 0. The summed E-state index contributed by atoms with van der Waals surface area (Å²) in [6, 6.07) is 0. The van der Waals surface area contributed by atoms with E-state index >= 15 is 0 Å². The third kappa shape index (κ3) is 1.91. The molecule has 0 aliphatic carbocycles. The Bertz CT molecular complexity index is 390. The topological polar surface area (TPSA) is 80.3 Å². The molecule has 0 aromatic carbocycles. The predicted octanol–water partition coefficient (Wildman–Crippen LogP) is -0.216. The number of nitrogens with zero attached hydrogens (tertiary/aromatic N) is 3. The lowest BCUT2D eigenvalue weighted by Crippen LogP contribution is -2.47. The molecule has 3 rings (SSSR count). The quantitative estimate of drug-likeness (QED) is 0.731. The first-order chi connectivity index (χ1) is 8.29. The van der Waals surface area contributed by atoms with E-state index in [2.05, 4.69) is 15.2 Å². The Kier molecular flexibility index (Phi) is 2.56. The number of nitrogens with one attached hydrogen (secondary N) is 1. The highest BCUT2D eigenvalue weighted by atomic mass is 16.7. The molecule has 2 fully saturated rings. The van der Waals surface area contributed by atoms with Crippen LogP contribution in [0.2, 0.25) is 0 Å². The number of H-pyrrole nitrogens is 1. The molecule has 7 nitrogen and oxygen atoms in total. The van der Waals surface area contributed by atoms with Crippen molar-refractivity contribution < 1.29 is 14.3 Å². The lowest BCUT2D eigenvalue weighted by atomic mass is 10.0. The number of aromatic amines is 1. The van der Waals surface area contributed by atoms with Gasteiger partial charge in [0, 0.05) is 25.9 Å². The van der Waals surface area contributed by atoms with Gasteiger partial charge in [-0.3, -0.25) is 9.89 Å². The van der Waals surface area contributed by atoms with Crippen molar-refractivity contribution in [3.05, 3.63) is 12.2 Å². The molecule has 1 amide bonds. The predicted molar refractivity (Wildman–Crippen MR) is 56.2 cm³/mol. The van der Waals surface area contributed by atoms with Crippen LogP contribution >= 0.6 is 0 Å². The van der Waals surface area contributed by atoms with Crippen molar-refractivity contribution in [3.63, 3.8) is 0 Å². The first-order valence-electron chi connectivity index (χ1n) is 5.72. The fourth-order valence-corrected chi connectivity index (χ4v) is 2.29. The van der Waals surface area contributed by atoms with Crippen LogP contribution in [0.5, 0.6) is 0 Å². The van der Waals surface area contributed by atoms with Crippen molar-refractivity contribution in [1.82, 2.24) is 20.1 Å². The third-order valence-electron chi connectivity index (χ3n) is 3.24. The largest absolute Gasteiger partial charge is 0.347 e. The highest BCUT2D eigenvalue weighted by molar-refractivity contribution is 5.90. The van der Waals surface area contributed by atoms with Crippen LogP contribution < -0.4 is 0 Å². The number of ether oxygens (including phenoxy) is 2. The number of rotatable bonds is 1. The number of likely N-dealkylation sites (tertiary alicyclic amines) is 1. The Hall–Kier alpha value is -1.47. The van der Waals surface area contributed by atoms with Crippen LogP contribution in [0.1, 0.15) is 23.5 Å². The molecule has 1 spiro atoms. The second-order valence-corrected chi connectivity index (χ2v) is 4.23. The fourth-order valence-electron chi connectivity index (χ4n) is 2.29. The number of hydrogen-bond donors (Lipinski definition) is 1. The lowest BCUT2D eigenvalue weighted by molar-refractivity contribution is -0.181. The van der Waals surface area contributed by atoms with Crippen LogP contribution in [0.3, 0.4) is 0 Å². The van der Waals surface area contributed by atoms with Gasteiger partial charge in [-0.15, -0.1) is 0 Å². The van der Waals surface area contributed by atoms with Crippen LogP contribution in [-0.4, -0.2) is 58.1 Å². The average Bonchev–Trinajstić information content (AvgIpc) is 3.01. The van der Waals surface area contributed by atoms with E-state index in [4.69, 9.17) is 9.47 Å². The minimum atomic E-state index is -0.446. The standard InChI is InChI=1S/C10H14N4O3/c15-9(8-11-7-12-13-8)14-3-1-10(2-4-14)16-5-6-17-10/h7H,1-6H2,(H,11,12,13). The molecule has 1 N–H and O–H groups in total. The molecule has 17 heavy (non-hydrogen) atoms. The molecule has 92 valence electrons. The molecular formula is C10H14N4O3. The zero-order chi connectivity index (χ0) is 11.7. The van der Waals surface area contributed by atoms with Crippen molar-refractivity contribution in [2.24, 2.45) is 0 Å². The van der Waals surface area contributed by atoms with Crippen molar-refractivity contribution >= 4 is 5.91 Å². The van der Waals surface area contributed by atoms with Gasteiger partial charge in [0.15, 0.2) is 5.79 Å². The van der Waals surface area contributed by atoms with Crippen LogP contribution in [-0.2, 0) is 9.47 Å². The lowest BCUT2D eigenvalue weighted by Gasteiger charge is -2.37. The molecule has 1 aromatic heterocycles. The van der Waals surface area contributed by atoms with E-state index < -0.39 is 5.79 Å². The first kappa shape index (κ1) is 10.7. The summed E-state index contributed by atoms with van der Waals surface area (Å²) in [7, 11) is 0. The van der Waals surface area contributed by atoms with Gasteiger partial charge in [0.2, 0.25) is 5.82 Å². The maximum Gasteiger partial charge on any atom is 0.291 e. The van der Waals surface area contributed by atoms with Crippen LogP contribution in [0.4, 0.5) is 0 Å². The van der Waals surface area contributed by atoms with Crippen molar-refractivity contribution in [3.8, 4) is 0 Å². The smallest absolute Gasteiger partial charge is 0.291 e. The Labute approximate surface area is 98.1 Å². The summed E-state index contributed by atoms with van der Waals surface area (Å²) >= 11 is 0. The molecule has 0 unspecified atom stereocenters. The molecular weight excluding hydrogens is 224 g/mol. The van der Waals surface area contributed by atoms with Gasteiger partial charge in [-0.05, 0) is 0 Å². The number of carbonyl (C=O) groups excluding carboxylic acids is 1. The zero-order valence-corrected chi connectivity index (χ0v) is 9.39. The molecule has 1 aromatic rings. The van der Waals surface area contributed by atoms with Gasteiger partial charge in [-0.25, -0.2) is 4.98 Å². The number of amides is 1. The normalized spacial score (nSPS) is 23.2. The second-order valence-electron chi connectivity index (χ2n) is 4.23. The SMILES string of the molecule is O=C(c1ncn[nH]1)N1CCC2(CC1)OCCO2. The Balaban J connectivity index is 1.63. The summed E-state index contributed by atoms with van der Waals surface area (Å²) in [4.78, 5) is 17.6. The van der Waals surface area contributed by atoms with E-state index in [1.807, 2.05) is 0 Å². The number of hydrogen-bond acceptors (Lipinski definition) is 5. The molecule has 7 heteroatoms. The van der Waals surface area contributed by atoms with Crippen LogP contribution in [0, 0.1) is 0 Å². The van der Waals surface area contributed by atoms with Crippen molar-refractivity contribution in [1.29, 1.82) is 0 Å². The molecule has 0 bridgehead atoms. The van der Waals surface area contributed by atoms with Gasteiger partial charge in [0.1, 0.15) is 6.33 Å². The number of aromatic nitrogens is 3. The van der Waals surface area contributed by atoms with Crippen molar-refractivity contribution in [2.45, 2.75) is 18.6 Å². The van der Waals surface area contributed by atoms with Gasteiger partial charge in [-0.1, -0.05) is 0 Å². The minimum absolute atomic E-state index is 0.115. The Morgan fingerprint density at radius 1 is 1.35 bits per heavy atom. The molecule has 2 aliphatic rings. The van der Waals surface area contributed by atoms with Crippen molar-refractivity contribution in [2.75, 3.05) is 26.3 Å². The summed E-state index contributed by atoms with van der Waals surface area (Å²) in [5.74, 6) is -0.275. The maximum atomic E-state index is 12.0. The van der Waals surface area contributed by atoms with E-state index in [0.29, 0.717) is 39.1 Å². The number of carbonyl (C=O) groups is 1. The Morgan fingerprint density at radius 2 is 2.06 bits per heavy atom. The number of piperidine rings is 1. The van der Waals surface area contributed by atoms with E-state index in [9.17, 15) is 4.79 Å².